The highest BCUT2D eigenvalue weighted by molar-refractivity contribution is 6.05. The molecule has 0 aliphatic rings. The number of benzene rings is 7. The molecule has 7 aromatic carbocycles. The van der Waals surface area contributed by atoms with Crippen molar-refractivity contribution in [2.45, 2.75) is 6.92 Å². The molecular weight excluding hydrogens is 595 g/mol. The number of hydrogen-bond donors (Lipinski definition) is 0. The molecular formula is C46H31N3. The first kappa shape index (κ1) is 29.8. The van der Waals surface area contributed by atoms with Crippen molar-refractivity contribution >= 4 is 10.8 Å². The van der Waals surface area contributed by atoms with Gasteiger partial charge in [-0.1, -0.05) is 158 Å². The molecule has 0 saturated heterocycles. The number of hydrogen-bond acceptors (Lipinski definition) is 3. The minimum atomic E-state index is 0.666. The Hall–Kier alpha value is -6.63. The lowest BCUT2D eigenvalue weighted by molar-refractivity contribution is 1.15. The monoisotopic (exact) mass is 625 g/mol. The first-order valence-electron chi connectivity index (χ1n) is 16.4. The Labute approximate surface area is 286 Å². The smallest absolute Gasteiger partial charge is 0.160 e. The molecule has 3 nitrogen and oxygen atoms in total. The van der Waals surface area contributed by atoms with E-state index in [0.717, 1.165) is 55.9 Å². The molecule has 0 radical (unpaired) electrons. The van der Waals surface area contributed by atoms with E-state index in [9.17, 15) is 0 Å². The van der Waals surface area contributed by atoms with Gasteiger partial charge in [-0.2, -0.15) is 5.26 Å². The van der Waals surface area contributed by atoms with Crippen molar-refractivity contribution in [3.8, 4) is 73.4 Å². The van der Waals surface area contributed by atoms with Crippen LogP contribution in [0.2, 0.25) is 0 Å². The van der Waals surface area contributed by atoms with E-state index in [1.807, 2.05) is 36.4 Å². The van der Waals surface area contributed by atoms with Gasteiger partial charge in [-0.05, 0) is 63.2 Å². The van der Waals surface area contributed by atoms with Crippen molar-refractivity contribution in [3.63, 3.8) is 0 Å². The van der Waals surface area contributed by atoms with E-state index >= 15 is 0 Å². The summed E-state index contributed by atoms with van der Waals surface area (Å²) in [5.74, 6) is 0.708. The number of fused-ring (bicyclic) bond motifs is 1. The molecule has 230 valence electrons. The van der Waals surface area contributed by atoms with Gasteiger partial charge < -0.3 is 0 Å². The lowest BCUT2D eigenvalue weighted by Gasteiger charge is -2.15. The Morgan fingerprint density at radius 1 is 0.388 bits per heavy atom. The summed E-state index contributed by atoms with van der Waals surface area (Å²) in [6.45, 7) is 2.11. The van der Waals surface area contributed by atoms with Crippen LogP contribution in [0, 0.1) is 18.3 Å². The molecule has 49 heavy (non-hydrogen) atoms. The van der Waals surface area contributed by atoms with Gasteiger partial charge >= 0.3 is 0 Å². The topological polar surface area (TPSA) is 49.6 Å². The predicted octanol–water partition coefficient (Wildman–Crippen LogP) is 11.8. The first-order chi connectivity index (χ1) is 24.2. The van der Waals surface area contributed by atoms with Gasteiger partial charge in [0.15, 0.2) is 5.82 Å². The molecule has 0 amide bonds. The molecule has 0 bridgehead atoms. The van der Waals surface area contributed by atoms with Gasteiger partial charge in [-0.15, -0.1) is 0 Å². The molecule has 3 heteroatoms. The van der Waals surface area contributed by atoms with E-state index in [1.165, 1.54) is 21.9 Å². The average Bonchev–Trinajstić information content (AvgIpc) is 3.18. The van der Waals surface area contributed by atoms with Gasteiger partial charge in [0.05, 0.1) is 23.0 Å². The van der Waals surface area contributed by atoms with Crippen LogP contribution >= 0.6 is 0 Å². The first-order valence-corrected chi connectivity index (χ1v) is 16.4. The summed E-state index contributed by atoms with van der Waals surface area (Å²) in [4.78, 5) is 10.2. The fraction of sp³-hybridized carbons (Fsp3) is 0.0217. The lowest BCUT2D eigenvalue weighted by Crippen LogP contribution is -2.00. The summed E-state index contributed by atoms with van der Waals surface area (Å²) < 4.78 is 0. The normalized spacial score (nSPS) is 10.9. The minimum absolute atomic E-state index is 0.666. The molecule has 0 atom stereocenters. The Bertz CT molecular complexity index is 2400. The molecule has 1 heterocycles. The fourth-order valence-electron chi connectivity index (χ4n) is 6.58. The maximum atomic E-state index is 9.14. The van der Waals surface area contributed by atoms with E-state index in [4.69, 9.17) is 15.2 Å². The summed E-state index contributed by atoms with van der Waals surface area (Å²) in [5, 5.41) is 11.6. The Morgan fingerprint density at radius 2 is 0.776 bits per heavy atom. The molecule has 0 unspecified atom stereocenters. The molecule has 8 rings (SSSR count). The zero-order chi connectivity index (χ0) is 33.2. The second kappa shape index (κ2) is 12.9. The summed E-state index contributed by atoms with van der Waals surface area (Å²) >= 11 is 0. The van der Waals surface area contributed by atoms with Crippen LogP contribution in [-0.2, 0) is 0 Å². The fourth-order valence-corrected chi connectivity index (χ4v) is 6.58. The summed E-state index contributed by atoms with van der Waals surface area (Å²) in [6, 6.07) is 61.0. The van der Waals surface area contributed by atoms with Crippen molar-refractivity contribution in [1.29, 1.82) is 5.26 Å². The average molecular weight is 626 g/mol. The Balaban J connectivity index is 1.15. The SMILES string of the molecule is Cc1c(-c2ccccc2)nc(-c2ccc(-c3ccc(-c4ccc(-c5ccc(C#N)cc5)cc4)c4ccccc34)cc2)nc1-c1ccccc1. The zero-order valence-corrected chi connectivity index (χ0v) is 27.0. The quantitative estimate of drug-likeness (QED) is 0.185. The van der Waals surface area contributed by atoms with Gasteiger partial charge in [0.25, 0.3) is 0 Å². The standard InChI is InChI=1S/C46H31N3/c1-31-44(37-10-4-2-5-11-37)48-46(49-45(31)38-12-6-3-7-13-38)39-26-24-36(25-27-39)41-29-28-40(42-14-8-9-15-43(41)42)35-22-20-34(21-23-35)33-18-16-32(30-47)17-19-33/h2-29H,1H3. The van der Waals surface area contributed by atoms with Gasteiger partial charge in [-0.3, -0.25) is 0 Å². The molecule has 1 aromatic heterocycles. The highest BCUT2D eigenvalue weighted by Gasteiger charge is 2.16. The van der Waals surface area contributed by atoms with Crippen LogP contribution in [0.5, 0.6) is 0 Å². The van der Waals surface area contributed by atoms with Crippen LogP contribution in [0.25, 0.3) is 78.1 Å². The third-order valence-corrected chi connectivity index (χ3v) is 9.16. The van der Waals surface area contributed by atoms with Gasteiger partial charge in [0.2, 0.25) is 0 Å². The number of rotatable bonds is 6. The lowest BCUT2D eigenvalue weighted by atomic mass is 9.91. The Kier molecular flexibility index (Phi) is 7.82. The van der Waals surface area contributed by atoms with Crippen molar-refractivity contribution in [2.24, 2.45) is 0 Å². The highest BCUT2D eigenvalue weighted by Crippen LogP contribution is 2.38. The van der Waals surface area contributed by atoms with E-state index in [0.29, 0.717) is 11.4 Å². The van der Waals surface area contributed by atoms with Crippen molar-refractivity contribution in [3.05, 3.63) is 181 Å². The maximum Gasteiger partial charge on any atom is 0.160 e. The second-order valence-corrected chi connectivity index (χ2v) is 12.2. The third kappa shape index (κ3) is 5.78. The maximum absolute atomic E-state index is 9.14. The van der Waals surface area contributed by atoms with Crippen LogP contribution < -0.4 is 0 Å². The number of nitrogens with zero attached hydrogens (tertiary/aromatic N) is 3. The van der Waals surface area contributed by atoms with Gasteiger partial charge in [0, 0.05) is 22.3 Å². The van der Waals surface area contributed by atoms with E-state index in [-0.39, 0.29) is 0 Å². The largest absolute Gasteiger partial charge is 0.228 e. The van der Waals surface area contributed by atoms with Gasteiger partial charge in [-0.25, -0.2) is 9.97 Å². The van der Waals surface area contributed by atoms with Crippen LogP contribution in [0.3, 0.4) is 0 Å². The molecule has 0 aliphatic carbocycles. The van der Waals surface area contributed by atoms with Crippen LogP contribution in [0.15, 0.2) is 170 Å². The van der Waals surface area contributed by atoms with Crippen molar-refractivity contribution in [1.82, 2.24) is 9.97 Å². The minimum Gasteiger partial charge on any atom is -0.228 e. The number of nitriles is 1. The second-order valence-electron chi connectivity index (χ2n) is 12.2. The molecule has 0 fully saturated rings. The Morgan fingerprint density at radius 3 is 1.22 bits per heavy atom. The summed E-state index contributed by atoms with van der Waals surface area (Å²) in [5.41, 5.74) is 13.6. The number of aromatic nitrogens is 2. The van der Waals surface area contributed by atoms with E-state index < -0.39 is 0 Å². The summed E-state index contributed by atoms with van der Waals surface area (Å²) in [7, 11) is 0. The third-order valence-electron chi connectivity index (χ3n) is 9.16. The van der Waals surface area contributed by atoms with Crippen LogP contribution in [0.4, 0.5) is 0 Å². The van der Waals surface area contributed by atoms with Crippen LogP contribution in [-0.4, -0.2) is 9.97 Å². The summed E-state index contributed by atoms with van der Waals surface area (Å²) in [6.07, 6.45) is 0. The van der Waals surface area contributed by atoms with Crippen LogP contribution in [0.1, 0.15) is 11.1 Å². The zero-order valence-electron chi connectivity index (χ0n) is 27.0. The molecule has 0 saturated carbocycles. The molecule has 8 aromatic rings. The molecule has 0 spiro atoms. The highest BCUT2D eigenvalue weighted by atomic mass is 14.9. The van der Waals surface area contributed by atoms with Gasteiger partial charge in [0.1, 0.15) is 0 Å². The van der Waals surface area contributed by atoms with E-state index in [1.54, 1.807) is 0 Å². The predicted molar refractivity (Wildman–Crippen MR) is 202 cm³/mol. The van der Waals surface area contributed by atoms with Crippen molar-refractivity contribution in [2.75, 3.05) is 0 Å². The van der Waals surface area contributed by atoms with E-state index in [2.05, 4.69) is 146 Å². The molecule has 0 N–H and O–H groups in total. The van der Waals surface area contributed by atoms with Crippen molar-refractivity contribution < 1.29 is 0 Å². The molecule has 0 aliphatic heterocycles.